The molecule has 0 fully saturated rings. The molecule has 0 atom stereocenters. The van der Waals surface area contributed by atoms with Gasteiger partial charge in [-0.2, -0.15) is 0 Å². The molecule has 0 aliphatic heterocycles. The molecule has 0 saturated heterocycles. The average Bonchev–Trinajstić information content (AvgIpc) is 2.85. The number of hydrogen-bond donors (Lipinski definition) is 1. The van der Waals surface area contributed by atoms with Crippen LogP contribution in [-0.4, -0.2) is 30.4 Å². The molecule has 112 valence electrons. The van der Waals surface area contributed by atoms with Gasteiger partial charge in [0.05, 0.1) is 0 Å². The number of fused-ring (bicyclic) bond motifs is 5. The molecule has 2 heterocycles. The summed E-state index contributed by atoms with van der Waals surface area (Å²) in [5.41, 5.74) is 4.20. The summed E-state index contributed by atoms with van der Waals surface area (Å²) in [5.74, 6) is 0. The molecule has 0 saturated carbocycles. The Morgan fingerprint density at radius 2 is 2.00 bits per heavy atom. The minimum atomic E-state index is 0.0888. The molecule has 4 rings (SSSR count). The van der Waals surface area contributed by atoms with Gasteiger partial charge in [0.25, 0.3) is 0 Å². The van der Waals surface area contributed by atoms with E-state index in [4.69, 9.17) is 4.98 Å². The third-order valence-corrected chi connectivity index (χ3v) is 7.15. The van der Waals surface area contributed by atoms with Crippen LogP contribution in [0.5, 0.6) is 0 Å². The van der Waals surface area contributed by atoms with Crippen molar-refractivity contribution in [3.8, 4) is 0 Å². The monoisotopic (exact) mass is 358 g/mol. The van der Waals surface area contributed by atoms with Crippen molar-refractivity contribution in [2.75, 3.05) is 0 Å². The number of benzene rings is 1. The zero-order valence-electron chi connectivity index (χ0n) is 13.0. The van der Waals surface area contributed by atoms with Crippen LogP contribution in [0, 0.1) is 12.3 Å². The van der Waals surface area contributed by atoms with Crippen LogP contribution >= 0.6 is 0 Å². The second-order valence-corrected chi connectivity index (χ2v) is 9.09. The maximum atomic E-state index is 9.58. The number of pyridine rings is 1. The maximum absolute atomic E-state index is 9.58. The van der Waals surface area contributed by atoms with Crippen molar-refractivity contribution in [1.82, 2.24) is 4.98 Å². The number of nitrogens with zero attached hydrogens (tertiary/aromatic N) is 2. The van der Waals surface area contributed by atoms with Crippen molar-refractivity contribution in [1.29, 1.82) is 0 Å². The summed E-state index contributed by atoms with van der Waals surface area (Å²) >= 11 is 0.297. The Morgan fingerprint density at radius 3 is 2.77 bits per heavy atom. The molecular weight excluding hydrogens is 339 g/mol. The van der Waals surface area contributed by atoms with E-state index in [0.29, 0.717) is 14.5 Å². The summed E-state index contributed by atoms with van der Waals surface area (Å²) in [4.78, 5) is 4.89. The molecule has 1 aliphatic rings. The average molecular weight is 357 g/mol. The Balaban J connectivity index is 2.19. The molecule has 0 radical (unpaired) electrons. The van der Waals surface area contributed by atoms with Gasteiger partial charge < -0.3 is 0 Å². The van der Waals surface area contributed by atoms with Crippen LogP contribution in [0.3, 0.4) is 0 Å². The van der Waals surface area contributed by atoms with Crippen molar-refractivity contribution >= 4 is 39.5 Å². The Hall–Kier alpha value is -1.64. The number of rotatable bonds is 0. The molecule has 0 unspecified atom stereocenters. The van der Waals surface area contributed by atoms with E-state index in [1.54, 1.807) is 0 Å². The first-order valence-electron chi connectivity index (χ1n) is 7.52. The molecule has 4 heteroatoms. The van der Waals surface area contributed by atoms with Crippen molar-refractivity contribution in [3.63, 3.8) is 0 Å². The molecule has 3 aromatic rings. The standard InChI is InChI=1S/C18H18N2OSe/c1-10-17-15(11-6-4-5-7-14(11)22-17)16-12(19-10)8-18(2,3)9-13(16)20-21/h4-7,21H,8-9H2,1-3H3/b20-13+. The van der Waals surface area contributed by atoms with Crippen LogP contribution < -0.4 is 0 Å². The summed E-state index contributed by atoms with van der Waals surface area (Å²) in [5, 5.41) is 15.8. The van der Waals surface area contributed by atoms with Gasteiger partial charge >= 0.3 is 135 Å². The van der Waals surface area contributed by atoms with E-state index in [2.05, 4.69) is 50.2 Å². The fourth-order valence-electron chi connectivity index (χ4n) is 3.58. The summed E-state index contributed by atoms with van der Waals surface area (Å²) in [6.07, 6.45) is 1.73. The van der Waals surface area contributed by atoms with Gasteiger partial charge in [-0.05, 0) is 0 Å². The number of aromatic nitrogens is 1. The van der Waals surface area contributed by atoms with Gasteiger partial charge in [0.15, 0.2) is 0 Å². The zero-order valence-corrected chi connectivity index (χ0v) is 14.7. The zero-order chi connectivity index (χ0) is 15.5. The van der Waals surface area contributed by atoms with Gasteiger partial charge in [-0.1, -0.05) is 0 Å². The van der Waals surface area contributed by atoms with Gasteiger partial charge in [-0.15, -0.1) is 0 Å². The molecular formula is C18H18N2OSe. The second-order valence-electron chi connectivity index (χ2n) is 6.89. The van der Waals surface area contributed by atoms with E-state index in [0.717, 1.165) is 35.5 Å². The molecule has 1 aromatic carbocycles. The normalized spacial score (nSPS) is 19.0. The molecule has 3 nitrogen and oxygen atoms in total. The minimum absolute atomic E-state index is 0.0888. The quantitative estimate of drug-likeness (QED) is 0.377. The van der Waals surface area contributed by atoms with E-state index < -0.39 is 0 Å². The summed E-state index contributed by atoms with van der Waals surface area (Å²) in [6.45, 7) is 6.54. The number of oxime groups is 1. The predicted molar refractivity (Wildman–Crippen MR) is 91.4 cm³/mol. The summed E-state index contributed by atoms with van der Waals surface area (Å²) < 4.78 is 2.76. The van der Waals surface area contributed by atoms with Crippen molar-refractivity contribution in [2.45, 2.75) is 33.6 Å². The van der Waals surface area contributed by atoms with Gasteiger partial charge in [-0.25, -0.2) is 0 Å². The van der Waals surface area contributed by atoms with Crippen LogP contribution in [0.1, 0.15) is 37.2 Å². The predicted octanol–water partition coefficient (Wildman–Crippen LogP) is 3.90. The van der Waals surface area contributed by atoms with Gasteiger partial charge in [-0.3, -0.25) is 0 Å². The third kappa shape index (κ3) is 1.94. The molecule has 22 heavy (non-hydrogen) atoms. The number of hydrogen-bond acceptors (Lipinski definition) is 3. The van der Waals surface area contributed by atoms with E-state index in [1.807, 2.05) is 0 Å². The van der Waals surface area contributed by atoms with Crippen LogP contribution in [-0.2, 0) is 6.42 Å². The van der Waals surface area contributed by atoms with Crippen molar-refractivity contribution < 1.29 is 5.21 Å². The summed E-state index contributed by atoms with van der Waals surface area (Å²) in [6, 6.07) is 8.60. The van der Waals surface area contributed by atoms with E-state index in [1.165, 1.54) is 19.3 Å². The molecule has 1 aliphatic carbocycles. The fourth-order valence-corrected chi connectivity index (χ4v) is 6.00. The van der Waals surface area contributed by atoms with Gasteiger partial charge in [0.2, 0.25) is 0 Å². The first kappa shape index (κ1) is 14.0. The van der Waals surface area contributed by atoms with Crippen LogP contribution in [0.2, 0.25) is 0 Å². The Morgan fingerprint density at radius 1 is 1.23 bits per heavy atom. The van der Waals surface area contributed by atoms with Crippen molar-refractivity contribution in [3.05, 3.63) is 41.2 Å². The first-order chi connectivity index (χ1) is 10.5. The summed E-state index contributed by atoms with van der Waals surface area (Å²) in [7, 11) is 0. The Bertz CT molecular complexity index is 937. The van der Waals surface area contributed by atoms with Gasteiger partial charge in [0, 0.05) is 0 Å². The van der Waals surface area contributed by atoms with E-state index in [9.17, 15) is 5.21 Å². The van der Waals surface area contributed by atoms with E-state index in [-0.39, 0.29) is 5.41 Å². The molecule has 0 amide bonds. The molecule has 2 aromatic heterocycles. The Kier molecular flexibility index (Phi) is 2.97. The third-order valence-electron chi connectivity index (χ3n) is 4.47. The van der Waals surface area contributed by atoms with Gasteiger partial charge in [0.1, 0.15) is 0 Å². The number of aryl methyl sites for hydroxylation is 1. The van der Waals surface area contributed by atoms with E-state index >= 15 is 0 Å². The van der Waals surface area contributed by atoms with Crippen molar-refractivity contribution in [2.24, 2.45) is 10.6 Å². The second kappa shape index (κ2) is 4.68. The van der Waals surface area contributed by atoms with Crippen LogP contribution in [0.15, 0.2) is 29.4 Å². The first-order valence-corrected chi connectivity index (χ1v) is 9.23. The molecule has 1 N–H and O–H groups in total. The molecule has 0 bridgehead atoms. The molecule has 0 spiro atoms. The van der Waals surface area contributed by atoms with Crippen LogP contribution in [0.4, 0.5) is 0 Å². The van der Waals surface area contributed by atoms with Crippen LogP contribution in [0.25, 0.3) is 19.3 Å². The SMILES string of the molecule is Cc1nc2c(c3c1[se]c1ccccc13)/C(=N/O)CC(C)(C)C2. The topological polar surface area (TPSA) is 45.5 Å². The Labute approximate surface area is 135 Å². The fraction of sp³-hybridized carbons (Fsp3) is 0.333.